The Labute approximate surface area is 121 Å². The second kappa shape index (κ2) is 6.34. The van der Waals surface area contributed by atoms with E-state index in [2.05, 4.69) is 16.4 Å². The summed E-state index contributed by atoms with van der Waals surface area (Å²) in [4.78, 5) is 14.3. The lowest BCUT2D eigenvalue weighted by Gasteiger charge is -2.06. The summed E-state index contributed by atoms with van der Waals surface area (Å²) in [7, 11) is 0. The van der Waals surface area contributed by atoms with E-state index >= 15 is 0 Å². The fraction of sp³-hybridized carbons (Fsp3) is 0.214. The van der Waals surface area contributed by atoms with E-state index in [-0.39, 0.29) is 10.8 Å². The van der Waals surface area contributed by atoms with Crippen LogP contribution < -0.4 is 5.32 Å². The van der Waals surface area contributed by atoms with Gasteiger partial charge in [0.25, 0.3) is 5.69 Å². The van der Waals surface area contributed by atoms with Gasteiger partial charge in [-0.1, -0.05) is 41.4 Å². The highest BCUT2D eigenvalue weighted by Crippen LogP contribution is 2.20. The molecule has 0 saturated heterocycles. The van der Waals surface area contributed by atoms with Gasteiger partial charge in [0, 0.05) is 6.54 Å². The summed E-state index contributed by atoms with van der Waals surface area (Å²) >= 11 is 5.76. The monoisotopic (exact) mass is 291 g/mol. The minimum absolute atomic E-state index is 0.0666. The van der Waals surface area contributed by atoms with Gasteiger partial charge in [0.05, 0.1) is 17.1 Å². The Hall–Kier alpha value is -2.14. The number of nitrogens with zero attached hydrogens (tertiary/aromatic N) is 2. The van der Waals surface area contributed by atoms with Crippen LogP contribution in [0.2, 0.25) is 5.15 Å². The van der Waals surface area contributed by atoms with Gasteiger partial charge >= 0.3 is 0 Å². The first-order valence-corrected chi connectivity index (χ1v) is 6.54. The topological polar surface area (TPSA) is 68.1 Å². The van der Waals surface area contributed by atoms with E-state index in [1.807, 2.05) is 25.1 Å². The van der Waals surface area contributed by atoms with Crippen molar-refractivity contribution < 1.29 is 4.92 Å². The van der Waals surface area contributed by atoms with Crippen LogP contribution in [0, 0.1) is 17.0 Å². The summed E-state index contributed by atoms with van der Waals surface area (Å²) in [5, 5.41) is 13.9. The number of nitrogens with one attached hydrogen (secondary N) is 1. The van der Waals surface area contributed by atoms with Gasteiger partial charge in [-0.3, -0.25) is 10.1 Å². The predicted molar refractivity (Wildman–Crippen MR) is 79.3 cm³/mol. The van der Waals surface area contributed by atoms with E-state index in [0.717, 1.165) is 6.42 Å². The van der Waals surface area contributed by atoms with Crippen molar-refractivity contribution in [2.45, 2.75) is 13.3 Å². The molecule has 0 bridgehead atoms. The number of aryl methyl sites for hydroxylation is 1. The van der Waals surface area contributed by atoms with Gasteiger partial charge in [-0.15, -0.1) is 0 Å². The van der Waals surface area contributed by atoms with Crippen molar-refractivity contribution in [1.82, 2.24) is 4.98 Å². The van der Waals surface area contributed by atoms with E-state index in [1.165, 1.54) is 23.3 Å². The summed E-state index contributed by atoms with van der Waals surface area (Å²) in [6.07, 6.45) is 0.809. The first-order chi connectivity index (χ1) is 9.54. The Morgan fingerprint density at radius 2 is 2.15 bits per heavy atom. The molecule has 104 valence electrons. The molecule has 1 N–H and O–H groups in total. The largest absolute Gasteiger partial charge is 0.369 e. The van der Waals surface area contributed by atoms with E-state index in [0.29, 0.717) is 12.4 Å². The Morgan fingerprint density at radius 1 is 1.35 bits per heavy atom. The van der Waals surface area contributed by atoms with Crippen molar-refractivity contribution >= 4 is 23.1 Å². The molecule has 0 aliphatic carbocycles. The first-order valence-electron chi connectivity index (χ1n) is 6.16. The third-order valence-corrected chi connectivity index (χ3v) is 2.99. The Morgan fingerprint density at radius 3 is 2.85 bits per heavy atom. The van der Waals surface area contributed by atoms with Crippen LogP contribution in [-0.4, -0.2) is 16.5 Å². The number of hydrogen-bond donors (Lipinski definition) is 1. The highest BCUT2D eigenvalue weighted by Gasteiger charge is 2.09. The SMILES string of the molecule is Cc1cccc(CCNc2cc([N+](=O)[O-])cc(Cl)n2)c1. The molecule has 0 saturated carbocycles. The highest BCUT2D eigenvalue weighted by molar-refractivity contribution is 6.29. The fourth-order valence-electron chi connectivity index (χ4n) is 1.88. The zero-order valence-electron chi connectivity index (χ0n) is 11.0. The molecule has 2 rings (SSSR count). The zero-order chi connectivity index (χ0) is 14.5. The van der Waals surface area contributed by atoms with Crippen LogP contribution in [0.4, 0.5) is 11.5 Å². The maximum absolute atomic E-state index is 10.7. The zero-order valence-corrected chi connectivity index (χ0v) is 11.7. The molecule has 6 heteroatoms. The molecule has 0 aliphatic heterocycles. The number of hydrogen-bond acceptors (Lipinski definition) is 4. The molecule has 0 unspecified atom stereocenters. The summed E-state index contributed by atoms with van der Waals surface area (Å²) < 4.78 is 0. The van der Waals surface area contributed by atoms with Gasteiger partial charge in [0.1, 0.15) is 11.0 Å². The molecule has 0 amide bonds. The lowest BCUT2D eigenvalue weighted by atomic mass is 10.1. The number of nitro groups is 1. The maximum atomic E-state index is 10.7. The number of rotatable bonds is 5. The minimum atomic E-state index is -0.487. The van der Waals surface area contributed by atoms with E-state index < -0.39 is 4.92 Å². The molecule has 0 fully saturated rings. The van der Waals surface area contributed by atoms with Crippen molar-refractivity contribution in [3.05, 3.63) is 62.8 Å². The standard InChI is InChI=1S/C14H14ClN3O2/c1-10-3-2-4-11(7-10)5-6-16-14-9-12(18(19)20)8-13(15)17-14/h2-4,7-9H,5-6H2,1H3,(H,16,17). The van der Waals surface area contributed by atoms with E-state index in [1.54, 1.807) is 0 Å². The van der Waals surface area contributed by atoms with Gasteiger partial charge in [-0.25, -0.2) is 4.98 Å². The van der Waals surface area contributed by atoms with Crippen molar-refractivity contribution in [2.75, 3.05) is 11.9 Å². The molecular weight excluding hydrogens is 278 g/mol. The third kappa shape index (κ3) is 3.93. The summed E-state index contributed by atoms with van der Waals surface area (Å²) in [6.45, 7) is 2.67. The van der Waals surface area contributed by atoms with Crippen molar-refractivity contribution in [2.24, 2.45) is 0 Å². The quantitative estimate of drug-likeness (QED) is 0.519. The average molecular weight is 292 g/mol. The molecule has 1 aromatic heterocycles. The van der Waals surface area contributed by atoms with Gasteiger partial charge in [-0.2, -0.15) is 0 Å². The molecule has 1 heterocycles. The second-order valence-corrected chi connectivity index (χ2v) is 4.84. The van der Waals surface area contributed by atoms with E-state index in [4.69, 9.17) is 11.6 Å². The highest BCUT2D eigenvalue weighted by atomic mass is 35.5. The molecule has 20 heavy (non-hydrogen) atoms. The average Bonchev–Trinajstić information content (AvgIpc) is 2.38. The second-order valence-electron chi connectivity index (χ2n) is 4.46. The minimum Gasteiger partial charge on any atom is -0.369 e. The molecule has 0 spiro atoms. The van der Waals surface area contributed by atoms with Crippen LogP contribution in [0.1, 0.15) is 11.1 Å². The van der Waals surface area contributed by atoms with Crippen LogP contribution in [0.15, 0.2) is 36.4 Å². The van der Waals surface area contributed by atoms with Crippen LogP contribution in [-0.2, 0) is 6.42 Å². The first kappa shape index (κ1) is 14.3. The van der Waals surface area contributed by atoms with Gasteiger partial charge < -0.3 is 5.32 Å². The molecule has 5 nitrogen and oxygen atoms in total. The number of anilines is 1. The molecule has 1 aromatic carbocycles. The number of pyridine rings is 1. The Balaban J connectivity index is 1.99. The number of aromatic nitrogens is 1. The summed E-state index contributed by atoms with van der Waals surface area (Å²) in [6, 6.07) is 10.8. The summed E-state index contributed by atoms with van der Waals surface area (Å²) in [5.74, 6) is 0.414. The maximum Gasteiger partial charge on any atom is 0.276 e. The number of benzene rings is 1. The predicted octanol–water partition coefficient (Wildman–Crippen LogP) is 3.61. The van der Waals surface area contributed by atoms with E-state index in [9.17, 15) is 10.1 Å². The van der Waals surface area contributed by atoms with Gasteiger partial charge in [0.15, 0.2) is 0 Å². The van der Waals surface area contributed by atoms with Crippen LogP contribution in [0.3, 0.4) is 0 Å². The van der Waals surface area contributed by atoms with Crippen molar-refractivity contribution in [3.8, 4) is 0 Å². The van der Waals surface area contributed by atoms with Crippen LogP contribution in [0.25, 0.3) is 0 Å². The van der Waals surface area contributed by atoms with Gasteiger partial charge in [-0.05, 0) is 18.9 Å². The molecule has 0 radical (unpaired) electrons. The Bertz CT molecular complexity index is 632. The molecule has 0 atom stereocenters. The molecule has 0 aliphatic rings. The lowest BCUT2D eigenvalue weighted by Crippen LogP contribution is -2.07. The fourth-order valence-corrected chi connectivity index (χ4v) is 2.08. The molecular formula is C14H14ClN3O2. The van der Waals surface area contributed by atoms with Crippen molar-refractivity contribution in [1.29, 1.82) is 0 Å². The number of halogens is 1. The lowest BCUT2D eigenvalue weighted by molar-refractivity contribution is -0.384. The Kier molecular flexibility index (Phi) is 4.53. The van der Waals surface area contributed by atoms with Crippen LogP contribution >= 0.6 is 11.6 Å². The normalized spacial score (nSPS) is 10.3. The van der Waals surface area contributed by atoms with Gasteiger partial charge in [0.2, 0.25) is 0 Å². The third-order valence-electron chi connectivity index (χ3n) is 2.79. The summed E-state index contributed by atoms with van der Waals surface area (Å²) in [5.41, 5.74) is 2.34. The molecule has 2 aromatic rings. The van der Waals surface area contributed by atoms with Crippen LogP contribution in [0.5, 0.6) is 0 Å². The van der Waals surface area contributed by atoms with Crippen molar-refractivity contribution in [3.63, 3.8) is 0 Å². The smallest absolute Gasteiger partial charge is 0.276 e.